The van der Waals surface area contributed by atoms with E-state index in [1.54, 1.807) is 19.9 Å². The molecule has 0 aliphatic rings. The van der Waals surface area contributed by atoms with Gasteiger partial charge in [-0.15, -0.1) is 0 Å². The van der Waals surface area contributed by atoms with E-state index in [-0.39, 0.29) is 28.7 Å². The van der Waals surface area contributed by atoms with Crippen molar-refractivity contribution >= 4 is 15.8 Å². The summed E-state index contributed by atoms with van der Waals surface area (Å²) in [6, 6.07) is 4.42. The Balaban J connectivity index is 2.96. The molecule has 19 heavy (non-hydrogen) atoms. The molecule has 0 aliphatic heterocycles. The first-order valence-corrected chi connectivity index (χ1v) is 6.98. The Morgan fingerprint density at radius 1 is 1.47 bits per heavy atom. The average Bonchev–Trinajstić information content (AvgIpc) is 2.36. The molecule has 0 heterocycles. The summed E-state index contributed by atoms with van der Waals surface area (Å²) in [5.41, 5.74) is -0.363. The van der Waals surface area contributed by atoms with Crippen LogP contribution in [0.5, 0.6) is 0 Å². The van der Waals surface area contributed by atoms with Crippen molar-refractivity contribution in [1.29, 1.82) is 5.26 Å². The van der Waals surface area contributed by atoms with Crippen LogP contribution in [0.3, 0.4) is 0 Å². The number of Topliss-reactive ketones (excluding diaryl/α,β-unsaturated/α-hetero) is 1. The van der Waals surface area contributed by atoms with Gasteiger partial charge >= 0.3 is 0 Å². The summed E-state index contributed by atoms with van der Waals surface area (Å²) in [6.07, 6.45) is 0. The highest BCUT2D eigenvalue weighted by atomic mass is 32.2. The normalized spacial score (nSPS) is 11.3. The van der Waals surface area contributed by atoms with E-state index in [0.29, 0.717) is 0 Å². The topological polar surface area (TPSA) is 87.0 Å². The van der Waals surface area contributed by atoms with Crippen molar-refractivity contribution in [2.45, 2.75) is 18.7 Å². The van der Waals surface area contributed by atoms with Crippen LogP contribution < -0.4 is 4.72 Å². The molecule has 5 nitrogen and oxygen atoms in total. The number of halogens is 1. The second-order valence-corrected chi connectivity index (χ2v) is 5.97. The number of hydrogen-bond donors (Lipinski definition) is 1. The van der Waals surface area contributed by atoms with Gasteiger partial charge in [0.1, 0.15) is 17.7 Å². The first-order valence-electron chi connectivity index (χ1n) is 5.50. The van der Waals surface area contributed by atoms with Gasteiger partial charge in [-0.1, -0.05) is 13.8 Å². The van der Waals surface area contributed by atoms with E-state index < -0.39 is 15.8 Å². The second-order valence-electron chi connectivity index (χ2n) is 4.20. The molecule has 0 unspecified atom stereocenters. The Bertz CT molecular complexity index is 633. The minimum Gasteiger partial charge on any atom is -0.298 e. The molecule has 0 saturated carbocycles. The van der Waals surface area contributed by atoms with Crippen molar-refractivity contribution in [2.75, 3.05) is 6.54 Å². The predicted octanol–water partition coefficient (Wildman–Crippen LogP) is 1.20. The summed E-state index contributed by atoms with van der Waals surface area (Å²) in [7, 11) is -3.93. The average molecular weight is 284 g/mol. The van der Waals surface area contributed by atoms with Crippen LogP contribution in [0, 0.1) is 23.1 Å². The number of nitrogens with zero attached hydrogens (tertiary/aromatic N) is 1. The van der Waals surface area contributed by atoms with Gasteiger partial charge in [-0.2, -0.15) is 5.26 Å². The monoisotopic (exact) mass is 284 g/mol. The zero-order chi connectivity index (χ0) is 14.6. The maximum atomic E-state index is 13.1. The lowest BCUT2D eigenvalue weighted by molar-refractivity contribution is -0.120. The number of benzene rings is 1. The number of ketones is 1. The molecule has 0 aliphatic carbocycles. The third kappa shape index (κ3) is 3.84. The second kappa shape index (κ2) is 5.91. The van der Waals surface area contributed by atoms with Crippen molar-refractivity contribution < 1.29 is 17.6 Å². The van der Waals surface area contributed by atoms with Gasteiger partial charge in [-0.3, -0.25) is 4.79 Å². The number of rotatable bonds is 5. The molecule has 0 saturated heterocycles. The highest BCUT2D eigenvalue weighted by Gasteiger charge is 2.18. The first kappa shape index (κ1) is 15.3. The highest BCUT2D eigenvalue weighted by Crippen LogP contribution is 2.14. The summed E-state index contributed by atoms with van der Waals surface area (Å²) in [5.74, 6) is -1.34. The number of sulfonamides is 1. The molecule has 0 fully saturated rings. The molecule has 0 bridgehead atoms. The maximum absolute atomic E-state index is 13.1. The van der Waals surface area contributed by atoms with E-state index in [0.717, 1.165) is 18.2 Å². The zero-order valence-electron chi connectivity index (χ0n) is 10.5. The Morgan fingerprint density at radius 2 is 2.11 bits per heavy atom. The maximum Gasteiger partial charge on any atom is 0.241 e. The van der Waals surface area contributed by atoms with E-state index in [9.17, 15) is 17.6 Å². The Hall–Kier alpha value is -1.78. The largest absolute Gasteiger partial charge is 0.298 e. The predicted molar refractivity (Wildman–Crippen MR) is 66.1 cm³/mol. The van der Waals surface area contributed by atoms with Crippen LogP contribution in [-0.2, 0) is 14.8 Å². The van der Waals surface area contributed by atoms with Crippen molar-refractivity contribution in [3.05, 3.63) is 29.6 Å². The summed E-state index contributed by atoms with van der Waals surface area (Å²) >= 11 is 0. The third-order valence-electron chi connectivity index (χ3n) is 2.45. The van der Waals surface area contributed by atoms with Gasteiger partial charge in [0, 0.05) is 5.92 Å². The Kier molecular flexibility index (Phi) is 4.75. The van der Waals surface area contributed by atoms with Crippen molar-refractivity contribution in [3.63, 3.8) is 0 Å². The molecule has 0 radical (unpaired) electrons. The highest BCUT2D eigenvalue weighted by molar-refractivity contribution is 7.89. The standard InChI is InChI=1S/C12H13FN2O3S/c1-8(2)12(16)7-15-19(17,18)10-3-4-11(13)9(5-10)6-14/h3-5,8,15H,7H2,1-2H3. The number of nitrogens with one attached hydrogen (secondary N) is 1. The summed E-state index contributed by atoms with van der Waals surface area (Å²) < 4.78 is 38.9. The fourth-order valence-corrected chi connectivity index (χ4v) is 2.23. The van der Waals surface area contributed by atoms with Crippen molar-refractivity contribution in [3.8, 4) is 6.07 Å². The van der Waals surface area contributed by atoms with E-state index in [1.807, 2.05) is 0 Å². The lowest BCUT2D eigenvalue weighted by atomic mass is 10.1. The smallest absolute Gasteiger partial charge is 0.241 e. The minimum atomic E-state index is -3.93. The molecule has 1 aromatic carbocycles. The van der Waals surface area contributed by atoms with E-state index in [4.69, 9.17) is 5.26 Å². The molecule has 102 valence electrons. The Labute approximate surface area is 111 Å². The molecular formula is C12H13FN2O3S. The number of hydrogen-bond acceptors (Lipinski definition) is 4. The van der Waals surface area contributed by atoms with E-state index >= 15 is 0 Å². The number of carbonyl (C=O) groups is 1. The lowest BCUT2D eigenvalue weighted by Crippen LogP contribution is -2.31. The molecule has 7 heteroatoms. The van der Waals surface area contributed by atoms with Gasteiger partial charge in [-0.25, -0.2) is 17.5 Å². The number of carbonyl (C=O) groups excluding carboxylic acids is 1. The van der Waals surface area contributed by atoms with Crippen LogP contribution in [0.1, 0.15) is 19.4 Å². The fraction of sp³-hybridized carbons (Fsp3) is 0.333. The molecule has 0 atom stereocenters. The van der Waals surface area contributed by atoms with Gasteiger partial charge in [0.15, 0.2) is 0 Å². The summed E-state index contributed by atoms with van der Waals surface area (Å²) in [6.45, 7) is 2.98. The quantitative estimate of drug-likeness (QED) is 0.880. The molecule has 0 aromatic heterocycles. The van der Waals surface area contributed by atoms with Crippen LogP contribution in [0.25, 0.3) is 0 Å². The molecule has 0 amide bonds. The molecule has 1 aromatic rings. The van der Waals surface area contributed by atoms with Crippen LogP contribution >= 0.6 is 0 Å². The van der Waals surface area contributed by atoms with Crippen LogP contribution in [0.4, 0.5) is 4.39 Å². The van der Waals surface area contributed by atoms with Gasteiger partial charge < -0.3 is 0 Å². The van der Waals surface area contributed by atoms with E-state index in [2.05, 4.69) is 4.72 Å². The molecule has 0 spiro atoms. The van der Waals surface area contributed by atoms with Crippen LogP contribution in [0.2, 0.25) is 0 Å². The molecule has 1 N–H and O–H groups in total. The van der Waals surface area contributed by atoms with Crippen LogP contribution in [0.15, 0.2) is 23.1 Å². The molecular weight excluding hydrogens is 271 g/mol. The summed E-state index contributed by atoms with van der Waals surface area (Å²) in [5, 5.41) is 8.64. The fourth-order valence-electron chi connectivity index (χ4n) is 1.21. The number of nitriles is 1. The minimum absolute atomic E-state index is 0.248. The van der Waals surface area contributed by atoms with Gasteiger partial charge in [0.05, 0.1) is 17.0 Å². The lowest BCUT2D eigenvalue weighted by Gasteiger charge is -2.08. The first-order chi connectivity index (χ1) is 8.77. The summed E-state index contributed by atoms with van der Waals surface area (Å²) in [4.78, 5) is 11.1. The Morgan fingerprint density at radius 3 is 2.63 bits per heavy atom. The van der Waals surface area contributed by atoms with Crippen molar-refractivity contribution in [1.82, 2.24) is 4.72 Å². The SMILES string of the molecule is CC(C)C(=O)CNS(=O)(=O)c1ccc(F)c(C#N)c1. The van der Waals surface area contributed by atoms with E-state index in [1.165, 1.54) is 0 Å². The van der Waals surface area contributed by atoms with Crippen molar-refractivity contribution in [2.24, 2.45) is 5.92 Å². The van der Waals surface area contributed by atoms with Gasteiger partial charge in [-0.05, 0) is 18.2 Å². The zero-order valence-corrected chi connectivity index (χ0v) is 11.3. The van der Waals surface area contributed by atoms with Gasteiger partial charge in [0.2, 0.25) is 10.0 Å². The van der Waals surface area contributed by atoms with Gasteiger partial charge in [0.25, 0.3) is 0 Å². The third-order valence-corrected chi connectivity index (χ3v) is 3.85. The molecule has 1 rings (SSSR count). The van der Waals surface area contributed by atoms with Crippen LogP contribution in [-0.4, -0.2) is 20.7 Å².